The first-order valence-electron chi connectivity index (χ1n) is 6.00. The molecule has 16 heavy (non-hydrogen) atoms. The first-order valence-corrected chi connectivity index (χ1v) is 8.04. The predicted octanol–water partition coefficient (Wildman–Crippen LogP) is 1.81. The van der Waals surface area contributed by atoms with Crippen molar-refractivity contribution in [2.24, 2.45) is 0 Å². The van der Waals surface area contributed by atoms with Gasteiger partial charge in [0.25, 0.3) is 0 Å². The van der Waals surface area contributed by atoms with Crippen molar-refractivity contribution in [1.29, 1.82) is 0 Å². The van der Waals surface area contributed by atoms with Crippen LogP contribution in [0.3, 0.4) is 0 Å². The van der Waals surface area contributed by atoms with Gasteiger partial charge in [-0.05, 0) is 23.4 Å². The average Bonchev–Trinajstić information content (AvgIpc) is 2.77. The van der Waals surface area contributed by atoms with Crippen molar-refractivity contribution in [3.8, 4) is 0 Å². The molecule has 1 N–H and O–H groups in total. The fourth-order valence-electron chi connectivity index (χ4n) is 2.51. The molecule has 0 spiro atoms. The molecule has 0 saturated carbocycles. The van der Waals surface area contributed by atoms with Crippen molar-refractivity contribution < 1.29 is 0 Å². The number of rotatable bonds is 2. The molecule has 1 atom stereocenters. The normalized spacial score (nSPS) is 26.6. The summed E-state index contributed by atoms with van der Waals surface area (Å²) in [6.45, 7) is 4.83. The predicted molar refractivity (Wildman–Crippen MR) is 72.4 cm³/mol. The van der Waals surface area contributed by atoms with Gasteiger partial charge in [0.05, 0.1) is 0 Å². The van der Waals surface area contributed by atoms with Gasteiger partial charge in [0.15, 0.2) is 0 Å². The molecule has 2 aliphatic rings. The van der Waals surface area contributed by atoms with E-state index in [1.54, 1.807) is 10.4 Å². The lowest BCUT2D eigenvalue weighted by molar-refractivity contribution is 0.232. The molecule has 88 valence electrons. The van der Waals surface area contributed by atoms with Gasteiger partial charge in [-0.3, -0.25) is 4.90 Å². The maximum Gasteiger partial charge on any atom is 0.0286 e. The van der Waals surface area contributed by atoms with E-state index in [-0.39, 0.29) is 0 Å². The molecule has 1 aromatic rings. The van der Waals surface area contributed by atoms with Crippen LogP contribution >= 0.6 is 23.1 Å². The monoisotopic (exact) mass is 254 g/mol. The number of fused-ring (bicyclic) bond motifs is 1. The Hall–Kier alpha value is -0.0300. The highest BCUT2D eigenvalue weighted by Crippen LogP contribution is 2.24. The second-order valence-electron chi connectivity index (χ2n) is 4.58. The van der Waals surface area contributed by atoms with Crippen molar-refractivity contribution in [1.82, 2.24) is 10.2 Å². The molecule has 0 amide bonds. The molecule has 3 rings (SSSR count). The zero-order valence-electron chi connectivity index (χ0n) is 9.45. The Morgan fingerprint density at radius 1 is 1.50 bits per heavy atom. The molecule has 1 fully saturated rings. The summed E-state index contributed by atoms with van der Waals surface area (Å²) >= 11 is 4.02. The molecule has 0 radical (unpaired) electrons. The average molecular weight is 254 g/mol. The third kappa shape index (κ3) is 2.45. The third-order valence-electron chi connectivity index (χ3n) is 3.36. The molecule has 1 unspecified atom stereocenters. The Bertz CT molecular complexity index is 345. The lowest BCUT2D eigenvalue weighted by Gasteiger charge is -2.32. The van der Waals surface area contributed by atoms with E-state index in [4.69, 9.17) is 0 Å². The summed E-state index contributed by atoms with van der Waals surface area (Å²) in [5.74, 6) is 2.57. The second kappa shape index (κ2) is 5.08. The molecule has 3 heterocycles. The number of hydrogen-bond donors (Lipinski definition) is 1. The minimum absolute atomic E-state index is 0.707. The number of thiophene rings is 1. The Kier molecular flexibility index (Phi) is 3.52. The van der Waals surface area contributed by atoms with Crippen molar-refractivity contribution in [2.45, 2.75) is 19.0 Å². The standard InChI is InChI=1S/C12H18N2S2/c1-4-14(7-10-2-5-16-12(1)10)8-11-9-15-6-3-13-11/h2,5,11,13H,1,3-4,6-9H2. The van der Waals surface area contributed by atoms with E-state index in [1.807, 2.05) is 11.3 Å². The highest BCUT2D eigenvalue weighted by molar-refractivity contribution is 7.99. The summed E-state index contributed by atoms with van der Waals surface area (Å²) in [5.41, 5.74) is 1.57. The number of hydrogen-bond acceptors (Lipinski definition) is 4. The van der Waals surface area contributed by atoms with Crippen LogP contribution < -0.4 is 5.32 Å². The number of nitrogens with one attached hydrogen (secondary N) is 1. The minimum Gasteiger partial charge on any atom is -0.311 e. The van der Waals surface area contributed by atoms with Gasteiger partial charge < -0.3 is 5.32 Å². The van der Waals surface area contributed by atoms with E-state index in [1.165, 1.54) is 44.1 Å². The Morgan fingerprint density at radius 2 is 2.50 bits per heavy atom. The summed E-state index contributed by atoms with van der Waals surface area (Å²) in [6.07, 6.45) is 1.26. The SMILES string of the molecule is c1cc2c(s1)CCN(CC1CSCCN1)C2. The van der Waals surface area contributed by atoms with Crippen LogP contribution in [0.1, 0.15) is 10.4 Å². The first kappa shape index (κ1) is 11.1. The van der Waals surface area contributed by atoms with Gasteiger partial charge in [0.2, 0.25) is 0 Å². The Balaban J connectivity index is 1.57. The highest BCUT2D eigenvalue weighted by atomic mass is 32.2. The van der Waals surface area contributed by atoms with E-state index in [0.717, 1.165) is 0 Å². The Labute approximate surface area is 105 Å². The maximum absolute atomic E-state index is 3.62. The molecule has 0 aliphatic carbocycles. The third-order valence-corrected chi connectivity index (χ3v) is 5.52. The molecule has 2 nitrogen and oxygen atoms in total. The van der Waals surface area contributed by atoms with Crippen molar-refractivity contribution in [3.05, 3.63) is 21.9 Å². The smallest absolute Gasteiger partial charge is 0.0286 e. The van der Waals surface area contributed by atoms with Gasteiger partial charge in [-0.25, -0.2) is 0 Å². The van der Waals surface area contributed by atoms with Crippen LogP contribution in [-0.2, 0) is 13.0 Å². The lowest BCUT2D eigenvalue weighted by Crippen LogP contribution is -2.47. The van der Waals surface area contributed by atoms with Crippen LogP contribution in [0.4, 0.5) is 0 Å². The number of nitrogens with zero attached hydrogens (tertiary/aromatic N) is 1. The second-order valence-corrected chi connectivity index (χ2v) is 6.73. The summed E-state index contributed by atoms with van der Waals surface area (Å²) in [4.78, 5) is 4.22. The fraction of sp³-hybridized carbons (Fsp3) is 0.667. The van der Waals surface area contributed by atoms with Crippen LogP contribution in [0, 0.1) is 0 Å². The van der Waals surface area contributed by atoms with Gasteiger partial charge in [-0.2, -0.15) is 11.8 Å². The van der Waals surface area contributed by atoms with Crippen LogP contribution in [0.25, 0.3) is 0 Å². The van der Waals surface area contributed by atoms with Gasteiger partial charge in [-0.15, -0.1) is 11.3 Å². The van der Waals surface area contributed by atoms with Gasteiger partial charge in [-0.1, -0.05) is 0 Å². The van der Waals surface area contributed by atoms with Crippen molar-refractivity contribution in [2.75, 3.05) is 31.1 Å². The molecule has 4 heteroatoms. The molecule has 0 bridgehead atoms. The minimum atomic E-state index is 0.707. The Morgan fingerprint density at radius 3 is 3.38 bits per heavy atom. The zero-order chi connectivity index (χ0) is 10.8. The largest absolute Gasteiger partial charge is 0.311 e. The molecule has 1 aromatic heterocycles. The van der Waals surface area contributed by atoms with Gasteiger partial charge >= 0.3 is 0 Å². The molecular weight excluding hydrogens is 236 g/mol. The van der Waals surface area contributed by atoms with Crippen molar-refractivity contribution in [3.63, 3.8) is 0 Å². The van der Waals surface area contributed by atoms with Crippen LogP contribution in [0.5, 0.6) is 0 Å². The van der Waals surface area contributed by atoms with E-state index in [2.05, 4.69) is 33.4 Å². The zero-order valence-corrected chi connectivity index (χ0v) is 11.1. The highest BCUT2D eigenvalue weighted by Gasteiger charge is 2.21. The summed E-state index contributed by atoms with van der Waals surface area (Å²) in [7, 11) is 0. The van der Waals surface area contributed by atoms with Crippen LogP contribution in [-0.4, -0.2) is 42.1 Å². The topological polar surface area (TPSA) is 15.3 Å². The van der Waals surface area contributed by atoms with E-state index in [9.17, 15) is 0 Å². The lowest BCUT2D eigenvalue weighted by atomic mass is 10.1. The first-order chi connectivity index (χ1) is 7.92. The summed E-state index contributed by atoms with van der Waals surface area (Å²) in [5, 5.41) is 5.86. The van der Waals surface area contributed by atoms with E-state index in [0.29, 0.717) is 6.04 Å². The van der Waals surface area contributed by atoms with Crippen molar-refractivity contribution >= 4 is 23.1 Å². The molecule has 1 saturated heterocycles. The molecular formula is C12H18N2S2. The summed E-state index contributed by atoms with van der Waals surface area (Å²) in [6, 6.07) is 3.01. The fourth-order valence-corrected chi connectivity index (χ4v) is 4.34. The van der Waals surface area contributed by atoms with E-state index >= 15 is 0 Å². The van der Waals surface area contributed by atoms with Crippen LogP contribution in [0.2, 0.25) is 0 Å². The van der Waals surface area contributed by atoms with Gasteiger partial charge in [0.1, 0.15) is 0 Å². The summed E-state index contributed by atoms with van der Waals surface area (Å²) < 4.78 is 0. The molecule has 0 aromatic carbocycles. The van der Waals surface area contributed by atoms with Gasteiger partial charge in [0, 0.05) is 48.6 Å². The number of thioether (sulfide) groups is 1. The maximum atomic E-state index is 3.62. The van der Waals surface area contributed by atoms with E-state index < -0.39 is 0 Å². The molecule has 2 aliphatic heterocycles. The quantitative estimate of drug-likeness (QED) is 0.866. The van der Waals surface area contributed by atoms with Crippen LogP contribution in [0.15, 0.2) is 11.4 Å².